The van der Waals surface area contributed by atoms with Crippen molar-refractivity contribution in [3.8, 4) is 0 Å². The Hall–Kier alpha value is -0.770. The van der Waals surface area contributed by atoms with Gasteiger partial charge in [0, 0.05) is 18.4 Å². The smallest absolute Gasteiger partial charge is 0.264 e. The summed E-state index contributed by atoms with van der Waals surface area (Å²) in [7, 11) is 0. The fraction of sp³-hybridized carbons (Fsp3) is 0.444. The summed E-state index contributed by atoms with van der Waals surface area (Å²) in [6, 6.07) is 1.62. The number of aromatic nitrogens is 1. The highest BCUT2D eigenvalue weighted by atomic mass is 79.9. The average molecular weight is 245 g/mol. The molecule has 0 aliphatic heterocycles. The van der Waals surface area contributed by atoms with Crippen LogP contribution in [0.25, 0.3) is 0 Å². The number of pyridine rings is 1. The van der Waals surface area contributed by atoms with Crippen LogP contribution >= 0.6 is 15.9 Å². The van der Waals surface area contributed by atoms with Crippen LogP contribution in [0.5, 0.6) is 0 Å². The summed E-state index contributed by atoms with van der Waals surface area (Å²) < 4.78 is 2.15. The molecule has 1 rings (SSSR count). The van der Waals surface area contributed by atoms with Crippen molar-refractivity contribution in [1.82, 2.24) is 4.57 Å². The van der Waals surface area contributed by atoms with E-state index < -0.39 is 0 Å². The largest absolute Gasteiger partial charge is 0.398 e. The van der Waals surface area contributed by atoms with Gasteiger partial charge in [0.15, 0.2) is 0 Å². The SMILES string of the molecule is CC(C)Cn1cc(N)cc(Br)c1=O. The van der Waals surface area contributed by atoms with E-state index in [0.29, 0.717) is 22.6 Å². The third-order valence-corrected chi connectivity index (χ3v) is 2.19. The molecule has 1 heterocycles. The van der Waals surface area contributed by atoms with Crippen LogP contribution in [0, 0.1) is 5.92 Å². The lowest BCUT2D eigenvalue weighted by Crippen LogP contribution is -2.22. The van der Waals surface area contributed by atoms with E-state index >= 15 is 0 Å². The average Bonchev–Trinajstić information content (AvgIpc) is 1.98. The molecule has 0 spiro atoms. The molecule has 0 saturated heterocycles. The van der Waals surface area contributed by atoms with Gasteiger partial charge in [-0.3, -0.25) is 4.79 Å². The quantitative estimate of drug-likeness (QED) is 0.864. The number of anilines is 1. The predicted molar refractivity (Wildman–Crippen MR) is 57.7 cm³/mol. The second kappa shape index (κ2) is 3.96. The van der Waals surface area contributed by atoms with Crippen LogP contribution in [0.3, 0.4) is 0 Å². The predicted octanol–water partition coefficient (Wildman–Crippen LogP) is 1.85. The van der Waals surface area contributed by atoms with E-state index in [2.05, 4.69) is 29.8 Å². The lowest BCUT2D eigenvalue weighted by Gasteiger charge is -2.09. The standard InChI is InChI=1S/C9H13BrN2O/c1-6(2)4-12-5-7(11)3-8(10)9(12)13/h3,5-6H,4,11H2,1-2H3. The van der Waals surface area contributed by atoms with Crippen molar-refractivity contribution in [1.29, 1.82) is 0 Å². The van der Waals surface area contributed by atoms with Crippen molar-refractivity contribution in [2.75, 3.05) is 5.73 Å². The minimum atomic E-state index is -0.0251. The van der Waals surface area contributed by atoms with Gasteiger partial charge in [-0.2, -0.15) is 0 Å². The van der Waals surface area contributed by atoms with Gasteiger partial charge in [-0.1, -0.05) is 13.8 Å². The van der Waals surface area contributed by atoms with Crippen molar-refractivity contribution in [2.45, 2.75) is 20.4 Å². The van der Waals surface area contributed by atoms with E-state index in [0.717, 1.165) is 0 Å². The normalized spacial score (nSPS) is 10.8. The maximum absolute atomic E-state index is 11.5. The number of halogens is 1. The third kappa shape index (κ3) is 2.59. The van der Waals surface area contributed by atoms with Crippen LogP contribution in [-0.4, -0.2) is 4.57 Å². The Labute approximate surface area is 85.7 Å². The summed E-state index contributed by atoms with van der Waals surface area (Å²) >= 11 is 3.17. The van der Waals surface area contributed by atoms with E-state index in [1.165, 1.54) is 0 Å². The van der Waals surface area contributed by atoms with Crippen molar-refractivity contribution < 1.29 is 0 Å². The highest BCUT2D eigenvalue weighted by molar-refractivity contribution is 9.10. The van der Waals surface area contributed by atoms with Gasteiger partial charge in [0.05, 0.1) is 4.47 Å². The molecular weight excluding hydrogens is 232 g/mol. The number of hydrogen-bond donors (Lipinski definition) is 1. The Morgan fingerprint density at radius 2 is 2.23 bits per heavy atom. The van der Waals surface area contributed by atoms with Gasteiger partial charge in [0.1, 0.15) is 0 Å². The Morgan fingerprint density at radius 3 is 2.77 bits per heavy atom. The Morgan fingerprint density at radius 1 is 1.62 bits per heavy atom. The summed E-state index contributed by atoms with van der Waals surface area (Å²) in [6.45, 7) is 4.82. The van der Waals surface area contributed by atoms with Crippen LogP contribution in [0.2, 0.25) is 0 Å². The molecule has 0 fully saturated rings. The summed E-state index contributed by atoms with van der Waals surface area (Å²) in [6.07, 6.45) is 1.67. The van der Waals surface area contributed by atoms with Gasteiger partial charge in [-0.05, 0) is 27.9 Å². The molecule has 1 aromatic heterocycles. The third-order valence-electron chi connectivity index (χ3n) is 1.63. The molecule has 0 saturated carbocycles. The molecule has 0 aliphatic rings. The van der Waals surface area contributed by atoms with Gasteiger partial charge in [-0.25, -0.2) is 0 Å². The molecule has 72 valence electrons. The van der Waals surface area contributed by atoms with Gasteiger partial charge in [-0.15, -0.1) is 0 Å². The second-order valence-corrected chi connectivity index (χ2v) is 4.33. The van der Waals surface area contributed by atoms with E-state index in [-0.39, 0.29) is 5.56 Å². The van der Waals surface area contributed by atoms with Crippen LogP contribution in [0.1, 0.15) is 13.8 Å². The summed E-state index contributed by atoms with van der Waals surface area (Å²) in [5, 5.41) is 0. The maximum Gasteiger partial charge on any atom is 0.264 e. The molecule has 3 nitrogen and oxygen atoms in total. The first-order valence-electron chi connectivity index (χ1n) is 4.16. The van der Waals surface area contributed by atoms with Crippen LogP contribution in [0.15, 0.2) is 21.5 Å². The number of hydrogen-bond acceptors (Lipinski definition) is 2. The minimum Gasteiger partial charge on any atom is -0.398 e. The van der Waals surface area contributed by atoms with Gasteiger partial charge in [0.2, 0.25) is 0 Å². The van der Waals surface area contributed by atoms with Crippen LogP contribution < -0.4 is 11.3 Å². The van der Waals surface area contributed by atoms with E-state index in [1.54, 1.807) is 16.8 Å². The minimum absolute atomic E-state index is 0.0251. The molecule has 2 N–H and O–H groups in total. The number of rotatable bonds is 2. The lowest BCUT2D eigenvalue weighted by molar-refractivity contribution is 0.510. The molecular formula is C9H13BrN2O. The highest BCUT2D eigenvalue weighted by Gasteiger charge is 2.03. The monoisotopic (exact) mass is 244 g/mol. The molecule has 0 unspecified atom stereocenters. The first-order chi connectivity index (χ1) is 6.00. The molecule has 0 aliphatic carbocycles. The molecule has 0 amide bonds. The maximum atomic E-state index is 11.5. The Bertz CT molecular complexity index is 357. The van der Waals surface area contributed by atoms with Crippen molar-refractivity contribution in [3.05, 3.63) is 27.1 Å². The van der Waals surface area contributed by atoms with E-state index in [4.69, 9.17) is 5.73 Å². The summed E-state index contributed by atoms with van der Waals surface area (Å²) in [4.78, 5) is 11.5. The molecule has 1 aromatic rings. The zero-order valence-electron chi connectivity index (χ0n) is 7.75. The summed E-state index contributed by atoms with van der Waals surface area (Å²) in [5.74, 6) is 0.436. The fourth-order valence-corrected chi connectivity index (χ4v) is 1.64. The fourth-order valence-electron chi connectivity index (χ4n) is 1.15. The second-order valence-electron chi connectivity index (χ2n) is 3.47. The van der Waals surface area contributed by atoms with Crippen molar-refractivity contribution in [3.63, 3.8) is 0 Å². The molecule has 0 bridgehead atoms. The first-order valence-corrected chi connectivity index (χ1v) is 4.95. The number of nitrogen functional groups attached to an aromatic ring is 1. The number of nitrogens with zero attached hydrogens (tertiary/aromatic N) is 1. The van der Waals surface area contributed by atoms with Crippen molar-refractivity contribution >= 4 is 21.6 Å². The van der Waals surface area contributed by atoms with Crippen molar-refractivity contribution in [2.24, 2.45) is 5.92 Å². The molecule has 13 heavy (non-hydrogen) atoms. The van der Waals surface area contributed by atoms with Gasteiger partial charge in [0.25, 0.3) is 5.56 Å². The first kappa shape index (κ1) is 10.3. The molecule has 0 atom stereocenters. The Kier molecular flexibility index (Phi) is 3.14. The molecule has 4 heteroatoms. The van der Waals surface area contributed by atoms with Gasteiger partial charge < -0.3 is 10.3 Å². The topological polar surface area (TPSA) is 48.0 Å². The van der Waals surface area contributed by atoms with Gasteiger partial charge >= 0.3 is 0 Å². The highest BCUT2D eigenvalue weighted by Crippen LogP contribution is 2.09. The van der Waals surface area contributed by atoms with Crippen LogP contribution in [0.4, 0.5) is 5.69 Å². The zero-order chi connectivity index (χ0) is 10.0. The van der Waals surface area contributed by atoms with Crippen LogP contribution in [-0.2, 0) is 6.54 Å². The Balaban J connectivity index is 3.13. The molecule has 0 radical (unpaired) electrons. The summed E-state index contributed by atoms with van der Waals surface area (Å²) in [5.41, 5.74) is 6.19. The van der Waals surface area contributed by atoms with E-state index in [1.807, 2.05) is 0 Å². The zero-order valence-corrected chi connectivity index (χ0v) is 9.34. The number of nitrogens with two attached hydrogens (primary N) is 1. The van der Waals surface area contributed by atoms with E-state index in [9.17, 15) is 4.79 Å². The molecule has 0 aromatic carbocycles. The lowest BCUT2D eigenvalue weighted by atomic mass is 10.2.